The molecule has 1 aromatic carbocycles. The number of benzene rings is 1. The molecule has 0 aliphatic carbocycles. The second kappa shape index (κ2) is 6.66. The Hall–Kier alpha value is -0.830. The number of rotatable bonds is 3. The number of hydrogen-bond acceptors (Lipinski definition) is 2. The summed E-state index contributed by atoms with van der Waals surface area (Å²) in [4.78, 5) is 4.46. The highest BCUT2D eigenvalue weighted by Crippen LogP contribution is 2.11. The third-order valence-electron chi connectivity index (χ3n) is 1.71. The first-order valence-corrected chi connectivity index (χ1v) is 3.88. The topological polar surface area (TPSA) is 35.2 Å². The monoisotopic (exact) mass is 199 g/mol. The Morgan fingerprint density at radius 2 is 2.00 bits per heavy atom. The molecule has 0 saturated heterocycles. The molecule has 0 fully saturated rings. The first-order valence-electron chi connectivity index (χ1n) is 3.88. The predicted molar refractivity (Wildman–Crippen MR) is 57.5 cm³/mol. The Kier molecular flexibility index (Phi) is 6.24. The van der Waals surface area contributed by atoms with Crippen LogP contribution < -0.4 is 5.90 Å². The first-order chi connectivity index (χ1) is 5.84. The molecule has 0 saturated carbocycles. The van der Waals surface area contributed by atoms with E-state index in [0.717, 1.165) is 0 Å². The molecule has 1 rings (SSSR count). The van der Waals surface area contributed by atoms with Gasteiger partial charge in [0, 0.05) is 0 Å². The molecule has 0 radical (unpaired) electrons. The van der Waals surface area contributed by atoms with Crippen molar-refractivity contribution in [2.45, 2.75) is 6.92 Å². The fraction of sp³-hybridized carbons (Fsp3) is 0.200. The quantitative estimate of drug-likeness (QED) is 0.759. The lowest BCUT2D eigenvalue weighted by Gasteiger charge is -1.99. The van der Waals surface area contributed by atoms with Crippen LogP contribution in [-0.2, 0) is 4.84 Å². The number of hydrogen-bond donors (Lipinski definition) is 1. The summed E-state index contributed by atoms with van der Waals surface area (Å²) in [5, 5.41) is 0. The maximum Gasteiger partial charge on any atom is 0.0866 e. The maximum absolute atomic E-state index is 4.91. The van der Waals surface area contributed by atoms with Gasteiger partial charge < -0.3 is 4.84 Å². The lowest BCUT2D eigenvalue weighted by atomic mass is 10.1. The highest BCUT2D eigenvalue weighted by atomic mass is 35.5. The molecule has 3 heteroatoms. The fourth-order valence-corrected chi connectivity index (χ4v) is 0.992. The average Bonchev–Trinajstić information content (AvgIpc) is 2.15. The molecular weight excluding hydrogens is 186 g/mol. The summed E-state index contributed by atoms with van der Waals surface area (Å²) in [6.07, 6.45) is 1.95. The third kappa shape index (κ3) is 4.08. The normalized spacial score (nSPS) is 10.8. The molecular formula is C10H14ClNO. The van der Waals surface area contributed by atoms with E-state index >= 15 is 0 Å². The van der Waals surface area contributed by atoms with Crippen molar-refractivity contribution < 1.29 is 4.84 Å². The average molecular weight is 200 g/mol. The Labute approximate surface area is 84.8 Å². The van der Waals surface area contributed by atoms with Gasteiger partial charge in [0.15, 0.2) is 0 Å². The van der Waals surface area contributed by atoms with Crippen LogP contribution in [-0.4, -0.2) is 6.61 Å². The minimum atomic E-state index is 0. The van der Waals surface area contributed by atoms with Crippen molar-refractivity contribution in [1.29, 1.82) is 0 Å². The zero-order chi connectivity index (χ0) is 8.81. The Bertz CT molecular complexity index is 259. The molecule has 1 aromatic rings. The lowest BCUT2D eigenvalue weighted by Crippen LogP contribution is -1.97. The second-order valence-electron chi connectivity index (χ2n) is 2.59. The van der Waals surface area contributed by atoms with Crippen molar-refractivity contribution in [2.24, 2.45) is 5.90 Å². The molecule has 0 unspecified atom stereocenters. The van der Waals surface area contributed by atoms with Gasteiger partial charge in [-0.25, -0.2) is 5.90 Å². The van der Waals surface area contributed by atoms with E-state index in [1.54, 1.807) is 0 Å². The smallest absolute Gasteiger partial charge is 0.0866 e. The van der Waals surface area contributed by atoms with Gasteiger partial charge in [0.1, 0.15) is 0 Å². The molecule has 2 nitrogen and oxygen atoms in total. The minimum absolute atomic E-state index is 0. The van der Waals surface area contributed by atoms with E-state index in [-0.39, 0.29) is 12.4 Å². The van der Waals surface area contributed by atoms with Crippen LogP contribution in [0.1, 0.15) is 12.5 Å². The van der Waals surface area contributed by atoms with Crippen LogP contribution in [0, 0.1) is 0 Å². The summed E-state index contributed by atoms with van der Waals surface area (Å²) in [5.41, 5.74) is 2.38. The standard InChI is InChI=1S/C10H13NO.ClH/c1-9(7-8-12-11)10-5-3-2-4-6-10;/h2-7H,8,11H2,1H3;1H. The van der Waals surface area contributed by atoms with Gasteiger partial charge in [-0.1, -0.05) is 36.4 Å². The van der Waals surface area contributed by atoms with Crippen molar-refractivity contribution >= 4 is 18.0 Å². The van der Waals surface area contributed by atoms with Crippen molar-refractivity contribution in [3.05, 3.63) is 42.0 Å². The van der Waals surface area contributed by atoms with Gasteiger partial charge in [0.05, 0.1) is 6.61 Å². The highest BCUT2D eigenvalue weighted by Gasteiger charge is 1.91. The zero-order valence-electron chi connectivity index (χ0n) is 7.57. The molecule has 0 amide bonds. The van der Waals surface area contributed by atoms with Gasteiger partial charge in [-0.15, -0.1) is 12.4 Å². The van der Waals surface area contributed by atoms with E-state index < -0.39 is 0 Å². The van der Waals surface area contributed by atoms with Crippen molar-refractivity contribution in [3.63, 3.8) is 0 Å². The summed E-state index contributed by atoms with van der Waals surface area (Å²) in [7, 11) is 0. The van der Waals surface area contributed by atoms with E-state index in [9.17, 15) is 0 Å². The zero-order valence-corrected chi connectivity index (χ0v) is 8.38. The predicted octanol–water partition coefficient (Wildman–Crippen LogP) is 2.40. The maximum atomic E-state index is 4.91. The van der Waals surface area contributed by atoms with Crippen LogP contribution in [0.3, 0.4) is 0 Å². The molecule has 0 aromatic heterocycles. The van der Waals surface area contributed by atoms with Gasteiger partial charge >= 0.3 is 0 Å². The van der Waals surface area contributed by atoms with Gasteiger partial charge in [0.25, 0.3) is 0 Å². The summed E-state index contributed by atoms with van der Waals surface area (Å²) in [5.74, 6) is 4.91. The molecule has 0 heterocycles. The van der Waals surface area contributed by atoms with E-state index in [1.165, 1.54) is 11.1 Å². The van der Waals surface area contributed by atoms with Gasteiger partial charge in [-0.3, -0.25) is 0 Å². The van der Waals surface area contributed by atoms with Crippen molar-refractivity contribution in [2.75, 3.05) is 6.61 Å². The minimum Gasteiger partial charge on any atom is -0.300 e. The molecule has 0 spiro atoms. The first kappa shape index (κ1) is 12.2. The van der Waals surface area contributed by atoms with Crippen LogP contribution in [0.2, 0.25) is 0 Å². The summed E-state index contributed by atoms with van der Waals surface area (Å²) < 4.78 is 0. The summed E-state index contributed by atoms with van der Waals surface area (Å²) in [6, 6.07) is 10.1. The second-order valence-corrected chi connectivity index (χ2v) is 2.59. The van der Waals surface area contributed by atoms with Gasteiger partial charge in [0.2, 0.25) is 0 Å². The van der Waals surface area contributed by atoms with Crippen LogP contribution in [0.15, 0.2) is 36.4 Å². The van der Waals surface area contributed by atoms with E-state index in [1.807, 2.05) is 31.2 Å². The Morgan fingerprint density at radius 3 is 2.54 bits per heavy atom. The summed E-state index contributed by atoms with van der Waals surface area (Å²) >= 11 is 0. The SMILES string of the molecule is CC(=CCON)c1ccccc1.Cl. The number of allylic oxidation sites excluding steroid dienone is 1. The van der Waals surface area contributed by atoms with Crippen LogP contribution >= 0.6 is 12.4 Å². The van der Waals surface area contributed by atoms with Crippen molar-refractivity contribution in [1.82, 2.24) is 0 Å². The van der Waals surface area contributed by atoms with Crippen LogP contribution in [0.4, 0.5) is 0 Å². The van der Waals surface area contributed by atoms with Gasteiger partial charge in [-0.2, -0.15) is 0 Å². The number of nitrogens with two attached hydrogens (primary N) is 1. The van der Waals surface area contributed by atoms with Crippen molar-refractivity contribution in [3.8, 4) is 0 Å². The Morgan fingerprint density at radius 1 is 1.38 bits per heavy atom. The lowest BCUT2D eigenvalue weighted by molar-refractivity contribution is 0.168. The highest BCUT2D eigenvalue weighted by molar-refractivity contribution is 5.85. The van der Waals surface area contributed by atoms with Gasteiger partial charge in [-0.05, 0) is 18.1 Å². The largest absolute Gasteiger partial charge is 0.300 e. The third-order valence-corrected chi connectivity index (χ3v) is 1.71. The molecule has 2 N–H and O–H groups in total. The molecule has 72 valence electrons. The Balaban J connectivity index is 0.00000144. The van der Waals surface area contributed by atoms with E-state index in [2.05, 4.69) is 17.0 Å². The molecule has 0 atom stereocenters. The summed E-state index contributed by atoms with van der Waals surface area (Å²) in [6.45, 7) is 2.50. The van der Waals surface area contributed by atoms with E-state index in [4.69, 9.17) is 5.90 Å². The molecule has 13 heavy (non-hydrogen) atoms. The molecule has 0 bridgehead atoms. The van der Waals surface area contributed by atoms with Crippen LogP contribution in [0.5, 0.6) is 0 Å². The van der Waals surface area contributed by atoms with E-state index in [0.29, 0.717) is 6.61 Å². The molecule has 0 aliphatic heterocycles. The number of halogens is 1. The van der Waals surface area contributed by atoms with Crippen LogP contribution in [0.25, 0.3) is 5.57 Å². The fourth-order valence-electron chi connectivity index (χ4n) is 0.992. The molecule has 0 aliphatic rings.